The van der Waals surface area contributed by atoms with Gasteiger partial charge in [0, 0.05) is 11.1 Å². The lowest BCUT2D eigenvalue weighted by Crippen LogP contribution is -2.40. The topological polar surface area (TPSA) is 105 Å². The van der Waals surface area contributed by atoms with Crippen LogP contribution >= 0.6 is 11.6 Å². The molecule has 0 aliphatic carbocycles. The Kier molecular flexibility index (Phi) is 4.20. The van der Waals surface area contributed by atoms with Crippen molar-refractivity contribution in [2.75, 3.05) is 11.5 Å². The molecule has 1 aromatic heterocycles. The lowest BCUT2D eigenvalue weighted by molar-refractivity contribution is 0.0662. The van der Waals surface area contributed by atoms with Crippen LogP contribution in [0.15, 0.2) is 51.7 Å². The van der Waals surface area contributed by atoms with Crippen molar-refractivity contribution < 1.29 is 22.7 Å². The molecule has 7 nitrogen and oxygen atoms in total. The van der Waals surface area contributed by atoms with Crippen molar-refractivity contribution in [1.82, 2.24) is 4.90 Å². The average Bonchev–Trinajstić information content (AvgIpc) is 3.19. The van der Waals surface area contributed by atoms with Crippen molar-refractivity contribution in [2.24, 2.45) is 0 Å². The normalized spacial score (nSPS) is 22.6. The minimum absolute atomic E-state index is 0.0243. The van der Waals surface area contributed by atoms with Crippen LogP contribution in [0.2, 0.25) is 5.02 Å². The molecular formula is C21H16ClNO6S. The quantitative estimate of drug-likeness (QED) is 0.650. The first-order valence-electron chi connectivity index (χ1n) is 9.33. The summed E-state index contributed by atoms with van der Waals surface area (Å²) in [6, 6.07) is 9.35. The molecule has 0 spiro atoms. The zero-order valence-corrected chi connectivity index (χ0v) is 17.1. The van der Waals surface area contributed by atoms with Gasteiger partial charge >= 0.3 is 0 Å². The van der Waals surface area contributed by atoms with E-state index < -0.39 is 33.3 Å². The van der Waals surface area contributed by atoms with Gasteiger partial charge in [-0.1, -0.05) is 23.7 Å². The standard InChI is InChI=1S/C21H16ClNO6S/c22-12-4-5-16-15(9-12)19(25)17-18(11-2-1-3-14(24)8-11)23(21(26)20(17)29-16)13-6-7-30(27,28)10-13/h1-5,8-9,13,18,24H,6-7,10H2. The number of nitrogens with zero attached hydrogens (tertiary/aromatic N) is 1. The zero-order valence-electron chi connectivity index (χ0n) is 15.5. The molecule has 3 heterocycles. The molecule has 30 heavy (non-hydrogen) atoms. The molecule has 3 aromatic rings. The van der Waals surface area contributed by atoms with E-state index in [9.17, 15) is 23.1 Å². The number of fused-ring (bicyclic) bond motifs is 2. The van der Waals surface area contributed by atoms with Crippen molar-refractivity contribution in [3.63, 3.8) is 0 Å². The van der Waals surface area contributed by atoms with E-state index in [0.29, 0.717) is 10.6 Å². The maximum atomic E-state index is 13.4. The van der Waals surface area contributed by atoms with Gasteiger partial charge in [0.1, 0.15) is 11.3 Å². The molecule has 9 heteroatoms. The lowest BCUT2D eigenvalue weighted by atomic mass is 9.97. The summed E-state index contributed by atoms with van der Waals surface area (Å²) in [5, 5.41) is 10.6. The number of phenolic OH excluding ortho intramolecular Hbond substituents is 1. The monoisotopic (exact) mass is 445 g/mol. The van der Waals surface area contributed by atoms with Crippen molar-refractivity contribution in [2.45, 2.75) is 18.5 Å². The van der Waals surface area contributed by atoms with Gasteiger partial charge in [-0.25, -0.2) is 8.42 Å². The second kappa shape index (κ2) is 6.58. The number of rotatable bonds is 2. The van der Waals surface area contributed by atoms with Gasteiger partial charge < -0.3 is 14.4 Å². The van der Waals surface area contributed by atoms with Crippen molar-refractivity contribution in [3.8, 4) is 5.75 Å². The fourth-order valence-electron chi connectivity index (χ4n) is 4.36. The Morgan fingerprint density at radius 1 is 1.13 bits per heavy atom. The third kappa shape index (κ3) is 2.90. The predicted octanol–water partition coefficient (Wildman–Crippen LogP) is 2.88. The molecule has 0 radical (unpaired) electrons. The van der Waals surface area contributed by atoms with E-state index in [1.54, 1.807) is 18.2 Å². The fourth-order valence-corrected chi connectivity index (χ4v) is 6.24. The summed E-state index contributed by atoms with van der Waals surface area (Å²) in [6.07, 6.45) is 0.275. The van der Waals surface area contributed by atoms with Gasteiger partial charge in [0.2, 0.25) is 5.76 Å². The third-order valence-electron chi connectivity index (χ3n) is 5.66. The second-order valence-electron chi connectivity index (χ2n) is 7.58. The Labute approximate surface area is 176 Å². The van der Waals surface area contributed by atoms with Crippen molar-refractivity contribution in [3.05, 3.63) is 74.6 Å². The van der Waals surface area contributed by atoms with E-state index >= 15 is 0 Å². The first-order valence-corrected chi connectivity index (χ1v) is 11.5. The van der Waals surface area contributed by atoms with Gasteiger partial charge in [-0.15, -0.1) is 0 Å². The van der Waals surface area contributed by atoms with Crippen LogP contribution in [0.3, 0.4) is 0 Å². The van der Waals surface area contributed by atoms with Crippen LogP contribution in [-0.2, 0) is 9.84 Å². The first-order chi connectivity index (χ1) is 14.2. The number of hydrogen-bond donors (Lipinski definition) is 1. The summed E-state index contributed by atoms with van der Waals surface area (Å²) < 4.78 is 30.0. The summed E-state index contributed by atoms with van der Waals surface area (Å²) in [7, 11) is -3.28. The van der Waals surface area contributed by atoms with Crippen LogP contribution in [-0.4, -0.2) is 41.9 Å². The molecule has 1 N–H and O–H groups in total. The largest absolute Gasteiger partial charge is 0.508 e. The van der Waals surface area contributed by atoms with E-state index in [-0.39, 0.29) is 46.0 Å². The van der Waals surface area contributed by atoms with Gasteiger partial charge in [0.25, 0.3) is 5.91 Å². The smallest absolute Gasteiger partial charge is 0.291 e. The first kappa shape index (κ1) is 19.1. The SMILES string of the molecule is O=C1c2oc3ccc(Cl)cc3c(=O)c2C(c2cccc(O)c2)N1C1CCS(=O)(=O)C1. The number of carbonyl (C=O) groups excluding carboxylic acids is 1. The van der Waals surface area contributed by atoms with Gasteiger partial charge in [-0.3, -0.25) is 9.59 Å². The van der Waals surface area contributed by atoms with Crippen LogP contribution < -0.4 is 5.43 Å². The van der Waals surface area contributed by atoms with E-state index in [1.165, 1.54) is 29.2 Å². The molecule has 154 valence electrons. The van der Waals surface area contributed by atoms with Gasteiger partial charge in [0.15, 0.2) is 15.3 Å². The van der Waals surface area contributed by atoms with E-state index in [0.717, 1.165) is 0 Å². The molecular weight excluding hydrogens is 430 g/mol. The lowest BCUT2D eigenvalue weighted by Gasteiger charge is -2.30. The Bertz CT molecular complexity index is 1380. The molecule has 2 unspecified atom stereocenters. The number of sulfone groups is 1. The maximum absolute atomic E-state index is 13.4. The van der Waals surface area contributed by atoms with Crippen LogP contribution in [0.4, 0.5) is 0 Å². The molecule has 2 aromatic carbocycles. The van der Waals surface area contributed by atoms with E-state index in [4.69, 9.17) is 16.0 Å². The maximum Gasteiger partial charge on any atom is 0.291 e. The summed E-state index contributed by atoms with van der Waals surface area (Å²) in [5.41, 5.74) is 0.454. The third-order valence-corrected chi connectivity index (χ3v) is 7.64. The molecule has 2 aliphatic heterocycles. The number of aromatic hydroxyl groups is 1. The van der Waals surface area contributed by atoms with E-state index in [1.807, 2.05) is 0 Å². The highest BCUT2D eigenvalue weighted by Crippen LogP contribution is 2.42. The van der Waals surface area contributed by atoms with Crippen LogP contribution in [0, 0.1) is 0 Å². The van der Waals surface area contributed by atoms with Crippen molar-refractivity contribution >= 4 is 38.3 Å². The summed E-state index contributed by atoms with van der Waals surface area (Å²) >= 11 is 6.05. The number of phenols is 1. The van der Waals surface area contributed by atoms with Gasteiger partial charge in [0.05, 0.1) is 28.5 Å². The van der Waals surface area contributed by atoms with Crippen LogP contribution in [0.25, 0.3) is 11.0 Å². The fraction of sp³-hybridized carbons (Fsp3) is 0.238. The van der Waals surface area contributed by atoms with Crippen molar-refractivity contribution in [1.29, 1.82) is 0 Å². The van der Waals surface area contributed by atoms with E-state index in [2.05, 4.69) is 0 Å². The highest BCUT2D eigenvalue weighted by atomic mass is 35.5. The molecule has 1 saturated heterocycles. The highest BCUT2D eigenvalue weighted by Gasteiger charge is 2.48. The minimum atomic E-state index is -3.28. The number of halogens is 1. The molecule has 0 bridgehead atoms. The highest BCUT2D eigenvalue weighted by molar-refractivity contribution is 7.91. The molecule has 1 amide bonds. The molecule has 1 fully saturated rings. The zero-order chi connectivity index (χ0) is 21.2. The summed E-state index contributed by atoms with van der Waals surface area (Å²) in [4.78, 5) is 28.1. The Morgan fingerprint density at radius 2 is 1.93 bits per heavy atom. The summed E-state index contributed by atoms with van der Waals surface area (Å²) in [6.45, 7) is 0. The second-order valence-corrected chi connectivity index (χ2v) is 10.2. The number of amides is 1. The molecule has 0 saturated carbocycles. The number of hydrogen-bond acceptors (Lipinski definition) is 6. The number of carbonyl (C=O) groups is 1. The Hall–Kier alpha value is -2.84. The predicted molar refractivity (Wildman–Crippen MR) is 111 cm³/mol. The minimum Gasteiger partial charge on any atom is -0.508 e. The van der Waals surface area contributed by atoms with Gasteiger partial charge in [-0.2, -0.15) is 0 Å². The summed E-state index contributed by atoms with van der Waals surface area (Å²) in [5.74, 6) is -0.868. The van der Waals surface area contributed by atoms with Crippen LogP contribution in [0.1, 0.15) is 34.1 Å². The molecule has 5 rings (SSSR count). The average molecular weight is 446 g/mol. The van der Waals surface area contributed by atoms with Crippen LogP contribution in [0.5, 0.6) is 5.75 Å². The Morgan fingerprint density at radius 3 is 2.63 bits per heavy atom. The Balaban J connectivity index is 1.78. The molecule has 2 atom stereocenters. The van der Waals surface area contributed by atoms with Gasteiger partial charge in [-0.05, 0) is 42.3 Å². The molecule has 2 aliphatic rings. The number of benzene rings is 2.